The molecule has 2 aliphatic rings. The number of pyridine rings is 1. The summed E-state index contributed by atoms with van der Waals surface area (Å²) >= 11 is 5.73. The van der Waals surface area contributed by atoms with Gasteiger partial charge in [0.05, 0.1) is 16.3 Å². The van der Waals surface area contributed by atoms with Crippen molar-refractivity contribution in [2.45, 2.75) is 5.66 Å². The molecule has 22 heavy (non-hydrogen) atoms. The average Bonchev–Trinajstić information content (AvgIpc) is 2.76. The molecule has 0 bridgehead atoms. The monoisotopic (exact) mass is 318 g/mol. The summed E-state index contributed by atoms with van der Waals surface area (Å²) in [6.07, 6.45) is 1.49. The van der Waals surface area contributed by atoms with Crippen LogP contribution >= 0.6 is 11.6 Å². The third-order valence-corrected chi connectivity index (χ3v) is 4.03. The number of fused-ring (bicyclic) bond motifs is 3. The van der Waals surface area contributed by atoms with Gasteiger partial charge in [-0.15, -0.1) is 0 Å². The molecule has 8 heteroatoms. The van der Waals surface area contributed by atoms with E-state index < -0.39 is 23.3 Å². The highest BCUT2D eigenvalue weighted by Crippen LogP contribution is 2.42. The van der Waals surface area contributed by atoms with Crippen LogP contribution in [0.5, 0.6) is 0 Å². The van der Waals surface area contributed by atoms with Crippen molar-refractivity contribution in [2.75, 3.05) is 10.6 Å². The van der Waals surface area contributed by atoms with Crippen LogP contribution in [-0.4, -0.2) is 16.8 Å². The predicted octanol–water partition coefficient (Wildman–Crippen LogP) is 1.83. The zero-order valence-electron chi connectivity index (χ0n) is 10.9. The highest BCUT2D eigenvalue weighted by molar-refractivity contribution is 6.31. The van der Waals surface area contributed by atoms with Gasteiger partial charge in [0.15, 0.2) is 5.82 Å². The number of nitrogens with one attached hydrogen (secondary N) is 3. The molecule has 2 amide bonds. The molecule has 0 saturated carbocycles. The number of carbonyl (C=O) groups is 2. The van der Waals surface area contributed by atoms with Crippen molar-refractivity contribution in [1.29, 1.82) is 0 Å². The molecule has 1 spiro atoms. The number of nitrogens with zero attached hydrogens (tertiary/aromatic N) is 1. The topological polar surface area (TPSA) is 83.1 Å². The van der Waals surface area contributed by atoms with E-state index in [4.69, 9.17) is 11.6 Å². The molecule has 110 valence electrons. The van der Waals surface area contributed by atoms with Gasteiger partial charge >= 0.3 is 0 Å². The summed E-state index contributed by atoms with van der Waals surface area (Å²) in [5, 5.41) is 7.78. The summed E-state index contributed by atoms with van der Waals surface area (Å²) in [7, 11) is 0. The lowest BCUT2D eigenvalue weighted by atomic mass is 9.97. The zero-order valence-corrected chi connectivity index (χ0v) is 11.7. The van der Waals surface area contributed by atoms with Gasteiger partial charge in [-0.05, 0) is 18.2 Å². The second-order valence-electron chi connectivity index (χ2n) is 4.97. The Balaban J connectivity index is 1.93. The maximum Gasteiger partial charge on any atom is 0.276 e. The predicted molar refractivity (Wildman–Crippen MR) is 77.0 cm³/mol. The Morgan fingerprint density at radius 1 is 1.18 bits per heavy atom. The van der Waals surface area contributed by atoms with E-state index in [1.54, 1.807) is 12.1 Å². The number of carbonyl (C=O) groups excluding carboxylic acids is 2. The summed E-state index contributed by atoms with van der Waals surface area (Å²) in [5.41, 5.74) is -1.09. The van der Waals surface area contributed by atoms with E-state index in [0.29, 0.717) is 5.56 Å². The number of anilines is 2. The second-order valence-corrected chi connectivity index (χ2v) is 5.37. The number of rotatable bonds is 0. The Bertz CT molecular complexity index is 857. The minimum absolute atomic E-state index is 0.0512. The lowest BCUT2D eigenvalue weighted by Crippen LogP contribution is -2.59. The van der Waals surface area contributed by atoms with Crippen LogP contribution in [0.15, 0.2) is 30.5 Å². The lowest BCUT2D eigenvalue weighted by molar-refractivity contribution is -0.120. The molecule has 4 rings (SSSR count). The molecule has 2 aromatic rings. The largest absolute Gasteiger partial charge is 0.335 e. The number of aromatic nitrogens is 1. The van der Waals surface area contributed by atoms with Crippen molar-refractivity contribution in [3.05, 3.63) is 52.4 Å². The average molecular weight is 319 g/mol. The van der Waals surface area contributed by atoms with Crippen molar-refractivity contribution in [1.82, 2.24) is 10.3 Å². The first-order valence-corrected chi connectivity index (χ1v) is 6.76. The smallest absolute Gasteiger partial charge is 0.276 e. The van der Waals surface area contributed by atoms with Crippen LogP contribution in [0.25, 0.3) is 0 Å². The molecular formula is C14H8ClFN4O2. The van der Waals surface area contributed by atoms with Crippen molar-refractivity contribution in [3.63, 3.8) is 0 Å². The lowest BCUT2D eigenvalue weighted by Gasteiger charge is -2.34. The van der Waals surface area contributed by atoms with E-state index in [1.165, 1.54) is 18.3 Å². The number of benzene rings is 1. The first-order valence-electron chi connectivity index (χ1n) is 6.38. The van der Waals surface area contributed by atoms with Crippen LogP contribution in [0.4, 0.5) is 15.9 Å². The van der Waals surface area contributed by atoms with Gasteiger partial charge in [0, 0.05) is 11.8 Å². The van der Waals surface area contributed by atoms with Crippen molar-refractivity contribution in [2.24, 2.45) is 0 Å². The second kappa shape index (κ2) is 4.17. The van der Waals surface area contributed by atoms with E-state index in [0.717, 1.165) is 0 Å². The number of hydrogen-bond acceptors (Lipinski definition) is 4. The van der Waals surface area contributed by atoms with Gasteiger partial charge < -0.3 is 16.0 Å². The Hall–Kier alpha value is -2.67. The van der Waals surface area contributed by atoms with Gasteiger partial charge in [-0.2, -0.15) is 0 Å². The molecule has 2 aliphatic heterocycles. The van der Waals surface area contributed by atoms with Crippen molar-refractivity contribution in [3.8, 4) is 0 Å². The zero-order chi connectivity index (χ0) is 15.5. The molecule has 6 nitrogen and oxygen atoms in total. The SMILES string of the molecule is O=C1N[C@]2(Nc3ncccc31)C(=O)Nc1c2ccc(Cl)c1F. The molecule has 0 saturated heterocycles. The highest BCUT2D eigenvalue weighted by atomic mass is 35.5. The van der Waals surface area contributed by atoms with Gasteiger partial charge in [-0.25, -0.2) is 9.37 Å². The summed E-state index contributed by atoms with van der Waals surface area (Å²) in [4.78, 5) is 28.7. The van der Waals surface area contributed by atoms with E-state index >= 15 is 0 Å². The third-order valence-electron chi connectivity index (χ3n) is 3.74. The fourth-order valence-electron chi connectivity index (χ4n) is 2.70. The van der Waals surface area contributed by atoms with Crippen LogP contribution in [0.1, 0.15) is 15.9 Å². The van der Waals surface area contributed by atoms with Crippen molar-refractivity contribution < 1.29 is 14.0 Å². The molecule has 3 heterocycles. The molecule has 1 atom stereocenters. The fraction of sp³-hybridized carbons (Fsp3) is 0.0714. The molecule has 0 radical (unpaired) electrons. The Kier molecular flexibility index (Phi) is 2.47. The van der Waals surface area contributed by atoms with E-state index in [1.807, 2.05) is 0 Å². The Morgan fingerprint density at radius 2 is 2.00 bits per heavy atom. The van der Waals surface area contributed by atoms with Crippen LogP contribution in [-0.2, 0) is 10.5 Å². The molecule has 3 N–H and O–H groups in total. The molecule has 0 fully saturated rings. The summed E-state index contributed by atoms with van der Waals surface area (Å²) in [5.74, 6) is -1.56. The van der Waals surface area contributed by atoms with Gasteiger partial charge in [-0.1, -0.05) is 17.7 Å². The number of amides is 2. The summed E-state index contributed by atoms with van der Waals surface area (Å²) in [6.45, 7) is 0. The Labute approximate surface area is 128 Å². The highest BCUT2D eigenvalue weighted by Gasteiger charge is 2.52. The van der Waals surface area contributed by atoms with Gasteiger partial charge in [0.2, 0.25) is 5.66 Å². The standard InChI is InChI=1S/C14H8ClFN4O2/c15-8-4-3-7-10(9(8)16)18-13(22)14(7)19-11-6(12(21)20-14)2-1-5-17-11/h1-5H,(H,17,19)(H,18,22)(H,20,21)/t14-/m0/s1. The van der Waals surface area contributed by atoms with Crippen LogP contribution in [0, 0.1) is 5.82 Å². The normalized spacial score (nSPS) is 21.7. The first-order chi connectivity index (χ1) is 10.5. The molecule has 0 unspecified atom stereocenters. The van der Waals surface area contributed by atoms with E-state index in [-0.39, 0.29) is 22.1 Å². The van der Waals surface area contributed by atoms with E-state index in [2.05, 4.69) is 20.9 Å². The maximum atomic E-state index is 14.1. The molecular weight excluding hydrogens is 311 g/mol. The summed E-state index contributed by atoms with van der Waals surface area (Å²) < 4.78 is 14.1. The van der Waals surface area contributed by atoms with Crippen molar-refractivity contribution >= 4 is 34.9 Å². The maximum absolute atomic E-state index is 14.1. The van der Waals surface area contributed by atoms with Gasteiger partial charge in [0.1, 0.15) is 5.82 Å². The number of hydrogen-bond donors (Lipinski definition) is 3. The minimum Gasteiger partial charge on any atom is -0.335 e. The first kappa shape index (κ1) is 13.0. The third kappa shape index (κ3) is 1.51. The molecule has 0 aliphatic carbocycles. The van der Waals surface area contributed by atoms with Gasteiger partial charge in [-0.3, -0.25) is 9.59 Å². The van der Waals surface area contributed by atoms with Crippen LogP contribution in [0.3, 0.4) is 0 Å². The van der Waals surface area contributed by atoms with Crippen LogP contribution in [0.2, 0.25) is 5.02 Å². The summed E-state index contributed by atoms with van der Waals surface area (Å²) in [6, 6.07) is 6.01. The van der Waals surface area contributed by atoms with E-state index in [9.17, 15) is 14.0 Å². The van der Waals surface area contributed by atoms with Gasteiger partial charge in [0.25, 0.3) is 11.8 Å². The minimum atomic E-state index is -1.60. The van der Waals surface area contributed by atoms with Crippen LogP contribution < -0.4 is 16.0 Å². The number of halogens is 2. The molecule has 1 aromatic carbocycles. The quantitative estimate of drug-likeness (QED) is 0.692. The Morgan fingerprint density at radius 3 is 2.82 bits per heavy atom. The molecule has 1 aromatic heterocycles. The fourth-order valence-corrected chi connectivity index (χ4v) is 2.86.